The highest BCUT2D eigenvalue weighted by atomic mass is 16.3. The summed E-state index contributed by atoms with van der Waals surface area (Å²) in [5, 5.41) is 13.6. The standard InChI is InChI=1S/C11H8N4O2/c16-9-5-10(17)15-11(14-9)7(6-13-15)8-3-1-2-4-12-8/h1-6,17H,(H,14,16). The highest BCUT2D eigenvalue weighted by Gasteiger charge is 2.10. The number of aromatic amines is 1. The van der Waals surface area contributed by atoms with Crippen molar-refractivity contribution in [2.24, 2.45) is 0 Å². The van der Waals surface area contributed by atoms with Crippen molar-refractivity contribution in [2.75, 3.05) is 0 Å². The maximum absolute atomic E-state index is 11.3. The van der Waals surface area contributed by atoms with E-state index in [9.17, 15) is 9.90 Å². The molecule has 0 bridgehead atoms. The summed E-state index contributed by atoms with van der Waals surface area (Å²) in [6, 6.07) is 6.52. The molecule has 0 aliphatic heterocycles. The van der Waals surface area contributed by atoms with Crippen molar-refractivity contribution in [1.29, 1.82) is 0 Å². The molecule has 6 nitrogen and oxygen atoms in total. The van der Waals surface area contributed by atoms with Crippen molar-refractivity contribution in [1.82, 2.24) is 19.6 Å². The Morgan fingerprint density at radius 1 is 1.35 bits per heavy atom. The first-order chi connectivity index (χ1) is 8.25. The van der Waals surface area contributed by atoms with Gasteiger partial charge < -0.3 is 10.1 Å². The molecule has 2 N–H and O–H groups in total. The Kier molecular flexibility index (Phi) is 1.94. The van der Waals surface area contributed by atoms with Crippen LogP contribution in [0.2, 0.25) is 0 Å². The molecule has 0 amide bonds. The fourth-order valence-electron chi connectivity index (χ4n) is 1.68. The van der Waals surface area contributed by atoms with Gasteiger partial charge in [0.1, 0.15) is 5.65 Å². The molecule has 3 aromatic heterocycles. The quantitative estimate of drug-likeness (QED) is 0.645. The number of rotatable bonds is 1. The van der Waals surface area contributed by atoms with Crippen LogP contribution in [-0.4, -0.2) is 24.7 Å². The number of pyridine rings is 1. The van der Waals surface area contributed by atoms with Crippen LogP contribution in [0.5, 0.6) is 5.88 Å². The number of fused-ring (bicyclic) bond motifs is 1. The first kappa shape index (κ1) is 9.59. The van der Waals surface area contributed by atoms with Gasteiger partial charge in [0, 0.05) is 6.20 Å². The van der Waals surface area contributed by atoms with Gasteiger partial charge in [-0.3, -0.25) is 9.78 Å². The van der Waals surface area contributed by atoms with Crippen molar-refractivity contribution < 1.29 is 5.11 Å². The van der Waals surface area contributed by atoms with Gasteiger partial charge in [0.2, 0.25) is 5.88 Å². The number of hydrogen-bond donors (Lipinski definition) is 2. The fraction of sp³-hybridized carbons (Fsp3) is 0. The smallest absolute Gasteiger partial charge is 0.254 e. The van der Waals surface area contributed by atoms with Crippen molar-refractivity contribution in [3.8, 4) is 17.1 Å². The first-order valence-electron chi connectivity index (χ1n) is 4.97. The lowest BCUT2D eigenvalue weighted by Gasteiger charge is -1.99. The molecular weight excluding hydrogens is 220 g/mol. The van der Waals surface area contributed by atoms with Crippen LogP contribution in [0, 0.1) is 0 Å². The Balaban J connectivity index is 2.36. The largest absolute Gasteiger partial charge is 0.493 e. The molecule has 3 heterocycles. The number of nitrogens with zero attached hydrogens (tertiary/aromatic N) is 3. The summed E-state index contributed by atoms with van der Waals surface area (Å²) in [5.41, 5.74) is 1.39. The highest BCUT2D eigenvalue weighted by Crippen LogP contribution is 2.21. The molecule has 0 fully saturated rings. The second-order valence-corrected chi connectivity index (χ2v) is 3.53. The SMILES string of the molecule is O=c1cc(O)n2ncc(-c3ccccn3)c2[nH]1. The molecule has 0 atom stereocenters. The molecule has 0 aliphatic carbocycles. The molecule has 0 aromatic carbocycles. The van der Waals surface area contributed by atoms with Crippen LogP contribution in [0.15, 0.2) is 41.5 Å². The predicted octanol–water partition coefficient (Wildman–Crippen LogP) is 0.790. The zero-order chi connectivity index (χ0) is 11.8. The molecule has 6 heteroatoms. The van der Waals surface area contributed by atoms with Crippen molar-refractivity contribution >= 4 is 5.65 Å². The van der Waals surface area contributed by atoms with Gasteiger partial charge >= 0.3 is 0 Å². The number of nitrogens with one attached hydrogen (secondary N) is 1. The Labute approximate surface area is 95.2 Å². The third-order valence-corrected chi connectivity index (χ3v) is 2.43. The molecular formula is C11H8N4O2. The minimum atomic E-state index is -0.382. The topological polar surface area (TPSA) is 83.3 Å². The van der Waals surface area contributed by atoms with Crippen LogP contribution < -0.4 is 5.56 Å². The van der Waals surface area contributed by atoms with Crippen molar-refractivity contribution in [3.05, 3.63) is 47.0 Å². The summed E-state index contributed by atoms with van der Waals surface area (Å²) in [7, 11) is 0. The van der Waals surface area contributed by atoms with Gasteiger partial charge in [0.15, 0.2) is 0 Å². The van der Waals surface area contributed by atoms with Gasteiger partial charge in [-0.15, -0.1) is 0 Å². The summed E-state index contributed by atoms with van der Waals surface area (Å²) in [6.45, 7) is 0. The van der Waals surface area contributed by atoms with E-state index in [4.69, 9.17) is 0 Å². The highest BCUT2D eigenvalue weighted by molar-refractivity contribution is 5.74. The number of aromatic nitrogens is 4. The van der Waals surface area contributed by atoms with E-state index in [1.54, 1.807) is 24.5 Å². The van der Waals surface area contributed by atoms with Crippen LogP contribution in [0.25, 0.3) is 16.9 Å². The number of hydrogen-bond acceptors (Lipinski definition) is 4. The summed E-state index contributed by atoms with van der Waals surface area (Å²) in [6.07, 6.45) is 3.20. The molecule has 0 saturated carbocycles. The van der Waals surface area contributed by atoms with Crippen LogP contribution in [0.1, 0.15) is 0 Å². The average molecular weight is 228 g/mol. The van der Waals surface area contributed by atoms with E-state index < -0.39 is 0 Å². The average Bonchev–Trinajstić information content (AvgIpc) is 2.74. The summed E-state index contributed by atoms with van der Waals surface area (Å²) in [4.78, 5) is 18.1. The summed E-state index contributed by atoms with van der Waals surface area (Å²) >= 11 is 0. The zero-order valence-electron chi connectivity index (χ0n) is 8.66. The van der Waals surface area contributed by atoms with Crippen molar-refractivity contribution in [3.63, 3.8) is 0 Å². The Morgan fingerprint density at radius 3 is 3.00 bits per heavy atom. The third kappa shape index (κ3) is 1.46. The molecule has 0 radical (unpaired) electrons. The van der Waals surface area contributed by atoms with E-state index in [0.29, 0.717) is 16.9 Å². The molecule has 17 heavy (non-hydrogen) atoms. The second kappa shape index (κ2) is 3.44. The Bertz CT molecular complexity index is 730. The second-order valence-electron chi connectivity index (χ2n) is 3.53. The lowest BCUT2D eigenvalue weighted by Crippen LogP contribution is -2.07. The lowest BCUT2D eigenvalue weighted by atomic mass is 10.2. The Hall–Kier alpha value is -2.63. The molecule has 0 saturated heterocycles. The Morgan fingerprint density at radius 2 is 2.24 bits per heavy atom. The molecule has 3 aromatic rings. The van der Waals surface area contributed by atoms with Gasteiger partial charge in [0.05, 0.1) is 23.5 Å². The normalized spacial score (nSPS) is 10.8. The van der Waals surface area contributed by atoms with E-state index in [2.05, 4.69) is 15.1 Å². The maximum atomic E-state index is 11.3. The first-order valence-corrected chi connectivity index (χ1v) is 4.97. The van der Waals surface area contributed by atoms with E-state index >= 15 is 0 Å². The van der Waals surface area contributed by atoms with Gasteiger partial charge in [-0.1, -0.05) is 6.07 Å². The summed E-state index contributed by atoms with van der Waals surface area (Å²) < 4.78 is 1.26. The predicted molar refractivity (Wildman–Crippen MR) is 60.7 cm³/mol. The van der Waals surface area contributed by atoms with E-state index in [1.165, 1.54) is 4.52 Å². The van der Waals surface area contributed by atoms with Gasteiger partial charge in [0.25, 0.3) is 5.56 Å². The third-order valence-electron chi connectivity index (χ3n) is 2.43. The maximum Gasteiger partial charge on any atom is 0.254 e. The number of H-pyrrole nitrogens is 1. The van der Waals surface area contributed by atoms with E-state index in [1.807, 2.05) is 6.07 Å². The van der Waals surface area contributed by atoms with Gasteiger partial charge in [-0.25, -0.2) is 0 Å². The molecule has 0 unspecified atom stereocenters. The van der Waals surface area contributed by atoms with Crippen molar-refractivity contribution in [2.45, 2.75) is 0 Å². The summed E-state index contributed by atoms with van der Waals surface area (Å²) in [5.74, 6) is -0.203. The van der Waals surface area contributed by atoms with E-state index in [-0.39, 0.29) is 11.4 Å². The lowest BCUT2D eigenvalue weighted by molar-refractivity contribution is 0.434. The van der Waals surface area contributed by atoms with E-state index in [0.717, 1.165) is 6.07 Å². The van der Waals surface area contributed by atoms with Crippen LogP contribution in [0.3, 0.4) is 0 Å². The monoisotopic (exact) mass is 228 g/mol. The molecule has 0 aliphatic rings. The molecule has 84 valence electrons. The fourth-order valence-corrected chi connectivity index (χ4v) is 1.68. The molecule has 0 spiro atoms. The minimum absolute atomic E-state index is 0.203. The van der Waals surface area contributed by atoms with Crippen LogP contribution in [0.4, 0.5) is 0 Å². The zero-order valence-corrected chi connectivity index (χ0v) is 8.66. The van der Waals surface area contributed by atoms with Crippen LogP contribution in [-0.2, 0) is 0 Å². The minimum Gasteiger partial charge on any atom is -0.493 e. The van der Waals surface area contributed by atoms with Crippen LogP contribution >= 0.6 is 0 Å². The van der Waals surface area contributed by atoms with Gasteiger partial charge in [-0.05, 0) is 12.1 Å². The molecule has 3 rings (SSSR count). The van der Waals surface area contributed by atoms with Gasteiger partial charge in [-0.2, -0.15) is 9.61 Å². The number of aromatic hydroxyl groups is 1.